The second-order valence-electron chi connectivity index (χ2n) is 2.29. The average molecular weight is 268 g/mol. The van der Waals surface area contributed by atoms with Crippen LogP contribution in [-0.2, 0) is 9.47 Å². The van der Waals surface area contributed by atoms with Gasteiger partial charge in [0.2, 0.25) is 0 Å². The summed E-state index contributed by atoms with van der Waals surface area (Å²) in [6.07, 6.45) is -1.46. The second kappa shape index (κ2) is 5.02. The number of aliphatic hydroxyl groups is 1. The number of methoxy groups -OCH3 is 2. The lowest BCUT2D eigenvalue weighted by Gasteiger charge is -2.18. The van der Waals surface area contributed by atoms with E-state index in [9.17, 15) is 5.11 Å². The van der Waals surface area contributed by atoms with Gasteiger partial charge in [0.1, 0.15) is 10.7 Å². The maximum Gasteiger partial charge on any atom is 0.187 e. The molecule has 1 rings (SSSR count). The van der Waals surface area contributed by atoms with E-state index >= 15 is 0 Å². The largest absolute Gasteiger partial charge is 0.382 e. The molecule has 6 heteroatoms. The van der Waals surface area contributed by atoms with Crippen molar-refractivity contribution < 1.29 is 14.6 Å². The predicted octanol–water partition coefficient (Wildman–Crippen LogP) is 1.56. The van der Waals surface area contributed by atoms with Crippen LogP contribution in [0.3, 0.4) is 0 Å². The van der Waals surface area contributed by atoms with E-state index in [0.29, 0.717) is 9.48 Å². The van der Waals surface area contributed by atoms with Crippen molar-refractivity contribution in [1.82, 2.24) is 4.98 Å². The summed E-state index contributed by atoms with van der Waals surface area (Å²) in [5.74, 6) is 0. The Morgan fingerprint density at radius 3 is 2.54 bits per heavy atom. The number of rotatable bonds is 4. The summed E-state index contributed by atoms with van der Waals surface area (Å²) < 4.78 is 10.5. The van der Waals surface area contributed by atoms with Gasteiger partial charge in [-0.25, -0.2) is 4.98 Å². The third-order valence-electron chi connectivity index (χ3n) is 1.54. The van der Waals surface area contributed by atoms with Gasteiger partial charge in [-0.3, -0.25) is 0 Å². The van der Waals surface area contributed by atoms with Gasteiger partial charge in [0, 0.05) is 14.2 Å². The number of thiazole rings is 1. The van der Waals surface area contributed by atoms with Crippen LogP contribution in [0.2, 0.25) is 0 Å². The molecule has 0 radical (unpaired) electrons. The number of halogens is 1. The van der Waals surface area contributed by atoms with Gasteiger partial charge in [-0.2, -0.15) is 0 Å². The van der Waals surface area contributed by atoms with Crippen molar-refractivity contribution in [2.45, 2.75) is 12.4 Å². The molecule has 0 spiro atoms. The zero-order chi connectivity index (χ0) is 9.84. The first-order chi connectivity index (χ1) is 6.20. The summed E-state index contributed by atoms with van der Waals surface area (Å²) in [6.45, 7) is 0. The molecule has 0 aromatic carbocycles. The van der Waals surface area contributed by atoms with Crippen molar-refractivity contribution in [3.63, 3.8) is 0 Å². The number of hydrogen-bond acceptors (Lipinski definition) is 5. The normalized spacial score (nSPS) is 13.6. The van der Waals surface area contributed by atoms with Crippen LogP contribution in [0.5, 0.6) is 0 Å². The lowest BCUT2D eigenvalue weighted by Crippen LogP contribution is -2.22. The van der Waals surface area contributed by atoms with Gasteiger partial charge in [-0.05, 0) is 15.9 Å². The first kappa shape index (κ1) is 11.1. The Labute approximate surface area is 88.6 Å². The van der Waals surface area contributed by atoms with Crippen LogP contribution in [0, 0.1) is 0 Å². The summed E-state index contributed by atoms with van der Waals surface area (Å²) in [5, 5.41) is 9.74. The smallest absolute Gasteiger partial charge is 0.187 e. The Kier molecular flexibility index (Phi) is 4.27. The molecule has 0 fully saturated rings. The Bertz CT molecular complexity index is 264. The monoisotopic (exact) mass is 267 g/mol. The van der Waals surface area contributed by atoms with E-state index in [4.69, 9.17) is 9.47 Å². The minimum absolute atomic E-state index is 0.629. The fourth-order valence-electron chi connectivity index (χ4n) is 0.911. The maximum absolute atomic E-state index is 9.74. The van der Waals surface area contributed by atoms with Crippen LogP contribution in [0.1, 0.15) is 11.0 Å². The van der Waals surface area contributed by atoms with Crippen LogP contribution < -0.4 is 0 Å². The van der Waals surface area contributed by atoms with Gasteiger partial charge in [0.05, 0.1) is 10.4 Å². The average Bonchev–Trinajstić information content (AvgIpc) is 2.53. The minimum atomic E-state index is -0.808. The molecular formula is C7H10BrNO3S. The quantitative estimate of drug-likeness (QED) is 0.842. The molecule has 0 amide bonds. The predicted molar refractivity (Wildman–Crippen MR) is 52.6 cm³/mol. The van der Waals surface area contributed by atoms with Gasteiger partial charge < -0.3 is 14.6 Å². The lowest BCUT2D eigenvalue weighted by molar-refractivity contribution is -0.165. The Balaban J connectivity index is 2.77. The van der Waals surface area contributed by atoms with Crippen LogP contribution >= 0.6 is 27.3 Å². The van der Waals surface area contributed by atoms with Crippen molar-refractivity contribution in [3.05, 3.63) is 15.0 Å². The van der Waals surface area contributed by atoms with E-state index in [1.807, 2.05) is 0 Å². The van der Waals surface area contributed by atoms with Crippen molar-refractivity contribution >= 4 is 27.3 Å². The Morgan fingerprint density at radius 2 is 2.15 bits per heavy atom. The number of hydrogen-bond donors (Lipinski definition) is 1. The lowest BCUT2D eigenvalue weighted by atomic mass is 10.3. The number of aromatic nitrogens is 1. The number of aliphatic hydroxyl groups excluding tert-OH is 1. The van der Waals surface area contributed by atoms with Gasteiger partial charge in [-0.1, -0.05) is 0 Å². The molecule has 0 aliphatic carbocycles. The molecule has 4 nitrogen and oxygen atoms in total. The first-order valence-electron chi connectivity index (χ1n) is 3.53. The topological polar surface area (TPSA) is 51.6 Å². The molecule has 1 aromatic rings. The van der Waals surface area contributed by atoms with Crippen LogP contribution in [0.15, 0.2) is 10.1 Å². The molecule has 0 aliphatic rings. The van der Waals surface area contributed by atoms with Gasteiger partial charge in [-0.15, -0.1) is 11.3 Å². The van der Waals surface area contributed by atoms with E-state index in [1.54, 1.807) is 5.51 Å². The standard InChI is InChI=1S/C7H10BrNO3S/c1-11-7(12-2)4(10)5-6(8)9-3-13-5/h3-4,7,10H,1-2H3. The van der Waals surface area contributed by atoms with E-state index in [-0.39, 0.29) is 0 Å². The van der Waals surface area contributed by atoms with Gasteiger partial charge in [0.25, 0.3) is 0 Å². The molecule has 0 saturated carbocycles. The molecule has 0 bridgehead atoms. The van der Waals surface area contributed by atoms with Crippen LogP contribution in [0.4, 0.5) is 0 Å². The Hall–Kier alpha value is -0.0100. The van der Waals surface area contributed by atoms with E-state index < -0.39 is 12.4 Å². The molecule has 0 saturated heterocycles. The molecule has 1 N–H and O–H groups in total. The zero-order valence-corrected chi connectivity index (χ0v) is 9.63. The highest BCUT2D eigenvalue weighted by Gasteiger charge is 2.23. The zero-order valence-electron chi connectivity index (χ0n) is 7.23. The highest BCUT2D eigenvalue weighted by atomic mass is 79.9. The van der Waals surface area contributed by atoms with Gasteiger partial charge >= 0.3 is 0 Å². The summed E-state index contributed by atoms with van der Waals surface area (Å²) in [7, 11) is 2.96. The second-order valence-corrected chi connectivity index (χ2v) is 3.93. The van der Waals surface area contributed by atoms with Gasteiger partial charge in [0.15, 0.2) is 6.29 Å². The van der Waals surface area contributed by atoms with Crippen LogP contribution in [0.25, 0.3) is 0 Å². The maximum atomic E-state index is 9.74. The van der Waals surface area contributed by atoms with E-state index in [1.165, 1.54) is 25.6 Å². The Morgan fingerprint density at radius 1 is 1.54 bits per heavy atom. The molecule has 1 heterocycles. The van der Waals surface area contributed by atoms with Crippen molar-refractivity contribution in [2.24, 2.45) is 0 Å². The highest BCUT2D eigenvalue weighted by Crippen LogP contribution is 2.29. The van der Waals surface area contributed by atoms with Crippen molar-refractivity contribution in [1.29, 1.82) is 0 Å². The minimum Gasteiger partial charge on any atom is -0.382 e. The summed E-state index contributed by atoms with van der Waals surface area (Å²) in [6, 6.07) is 0. The first-order valence-corrected chi connectivity index (χ1v) is 5.20. The third kappa shape index (κ3) is 2.47. The molecule has 0 aliphatic heterocycles. The van der Waals surface area contributed by atoms with Crippen LogP contribution in [-0.4, -0.2) is 30.6 Å². The molecule has 74 valence electrons. The molecular weight excluding hydrogens is 258 g/mol. The highest BCUT2D eigenvalue weighted by molar-refractivity contribution is 9.10. The number of ether oxygens (including phenoxy) is 2. The summed E-state index contributed by atoms with van der Waals surface area (Å²) >= 11 is 4.57. The summed E-state index contributed by atoms with van der Waals surface area (Å²) in [4.78, 5) is 4.66. The SMILES string of the molecule is COC(OC)C(O)c1scnc1Br. The van der Waals surface area contributed by atoms with E-state index in [2.05, 4.69) is 20.9 Å². The fraction of sp³-hybridized carbons (Fsp3) is 0.571. The van der Waals surface area contributed by atoms with E-state index in [0.717, 1.165) is 0 Å². The number of nitrogens with zero attached hydrogens (tertiary/aromatic N) is 1. The van der Waals surface area contributed by atoms with Crippen molar-refractivity contribution in [3.8, 4) is 0 Å². The summed E-state index contributed by atoms with van der Waals surface area (Å²) in [5.41, 5.74) is 1.64. The van der Waals surface area contributed by atoms with Crippen molar-refractivity contribution in [2.75, 3.05) is 14.2 Å². The molecule has 1 unspecified atom stereocenters. The fourth-order valence-corrected chi connectivity index (χ4v) is 2.34. The third-order valence-corrected chi connectivity index (χ3v) is 3.33. The molecule has 13 heavy (non-hydrogen) atoms. The molecule has 1 atom stereocenters. The molecule has 1 aromatic heterocycles.